The Bertz CT molecular complexity index is 1280. The highest BCUT2D eigenvalue weighted by Gasteiger charge is 2.40. The molecule has 2 aromatic rings. The van der Waals surface area contributed by atoms with Crippen molar-refractivity contribution in [3.8, 4) is 5.75 Å². The van der Waals surface area contributed by atoms with Crippen molar-refractivity contribution in [3.05, 3.63) is 41.2 Å². The molecule has 42 heavy (non-hydrogen) atoms. The molecule has 0 aliphatic carbocycles. The van der Waals surface area contributed by atoms with Gasteiger partial charge in [0.25, 0.3) is 0 Å². The standard InChI is InChI=1S/C27H31F6N5O4/c1-42-20-14-18(26(28,29)30)4-3-17(20)6-10-34-24(41)19-9-13-38(19)22-15-21(35-25(36-22)27(31,32)33)37-11-7-16(8-12-37)2-5-23(39)40/h3-4,14-16,19H,2,5-13H2,1H3,(H,34,41)(H,39,40). The largest absolute Gasteiger partial charge is 0.496 e. The lowest BCUT2D eigenvalue weighted by atomic mass is 9.92. The quantitative estimate of drug-likeness (QED) is 0.382. The van der Waals surface area contributed by atoms with Crippen LogP contribution in [0.15, 0.2) is 24.3 Å². The number of nitrogens with one attached hydrogen (secondary N) is 1. The van der Waals surface area contributed by atoms with Gasteiger partial charge in [-0.1, -0.05) is 6.07 Å². The Labute approximate surface area is 237 Å². The van der Waals surface area contributed by atoms with Gasteiger partial charge < -0.3 is 25.0 Å². The minimum atomic E-state index is -4.81. The first-order chi connectivity index (χ1) is 19.8. The minimum Gasteiger partial charge on any atom is -0.496 e. The Hall–Kier alpha value is -3.78. The smallest absolute Gasteiger partial charge is 0.451 e. The third kappa shape index (κ3) is 7.53. The molecule has 2 N–H and O–H groups in total. The number of alkyl halides is 6. The second-order valence-electron chi connectivity index (χ2n) is 10.3. The zero-order valence-electron chi connectivity index (χ0n) is 22.8. The fraction of sp³-hybridized carbons (Fsp3) is 0.556. The molecule has 0 spiro atoms. The van der Waals surface area contributed by atoms with Crippen LogP contribution < -0.4 is 19.9 Å². The number of carbonyl (C=O) groups is 2. The molecule has 9 nitrogen and oxygen atoms in total. The summed E-state index contributed by atoms with van der Waals surface area (Å²) in [5.41, 5.74) is -0.402. The number of hydrogen-bond donors (Lipinski definition) is 2. The molecule has 4 rings (SSSR count). The van der Waals surface area contributed by atoms with Crippen LogP contribution in [-0.4, -0.2) is 66.3 Å². The summed E-state index contributed by atoms with van der Waals surface area (Å²) >= 11 is 0. The van der Waals surface area contributed by atoms with Gasteiger partial charge in [-0.3, -0.25) is 9.59 Å². The highest BCUT2D eigenvalue weighted by atomic mass is 19.4. The summed E-state index contributed by atoms with van der Waals surface area (Å²) in [5.74, 6) is -2.40. The van der Waals surface area contributed by atoms with Gasteiger partial charge in [0.05, 0.1) is 12.7 Å². The number of benzene rings is 1. The van der Waals surface area contributed by atoms with E-state index in [4.69, 9.17) is 9.84 Å². The van der Waals surface area contributed by atoms with Crippen LogP contribution in [-0.2, 0) is 28.4 Å². The van der Waals surface area contributed by atoms with Crippen molar-refractivity contribution in [2.45, 2.75) is 56.9 Å². The van der Waals surface area contributed by atoms with Gasteiger partial charge in [-0.25, -0.2) is 9.97 Å². The third-order valence-electron chi connectivity index (χ3n) is 7.58. The summed E-state index contributed by atoms with van der Waals surface area (Å²) in [6.07, 6.45) is -7.01. The Morgan fingerprint density at radius 2 is 1.69 bits per heavy atom. The third-order valence-corrected chi connectivity index (χ3v) is 7.58. The van der Waals surface area contributed by atoms with Gasteiger partial charge in [0.2, 0.25) is 11.7 Å². The fourth-order valence-electron chi connectivity index (χ4n) is 5.14. The summed E-state index contributed by atoms with van der Waals surface area (Å²) in [7, 11) is 1.25. The maximum Gasteiger partial charge on any atom is 0.451 e. The lowest BCUT2D eigenvalue weighted by molar-refractivity contribution is -0.145. The molecule has 1 unspecified atom stereocenters. The van der Waals surface area contributed by atoms with Crippen LogP contribution in [0.4, 0.5) is 38.0 Å². The predicted molar refractivity (Wildman–Crippen MR) is 139 cm³/mol. The second kappa shape index (κ2) is 12.6. The highest BCUT2D eigenvalue weighted by Crippen LogP contribution is 2.35. The first kappa shape index (κ1) is 31.2. The lowest BCUT2D eigenvalue weighted by Crippen LogP contribution is -2.57. The topological polar surface area (TPSA) is 108 Å². The van der Waals surface area contributed by atoms with Crippen LogP contribution in [0.2, 0.25) is 0 Å². The molecule has 2 fully saturated rings. The number of hydrogen-bond acceptors (Lipinski definition) is 7. The molecule has 3 heterocycles. The number of halogens is 6. The normalized spacial score (nSPS) is 18.0. The van der Waals surface area contributed by atoms with Gasteiger partial charge in [0, 0.05) is 38.7 Å². The van der Waals surface area contributed by atoms with Crippen molar-refractivity contribution in [2.75, 3.05) is 43.1 Å². The molecule has 15 heteroatoms. The highest BCUT2D eigenvalue weighted by molar-refractivity contribution is 5.86. The Kier molecular flexibility index (Phi) is 9.36. The number of ether oxygens (including phenoxy) is 1. The van der Waals surface area contributed by atoms with Crippen LogP contribution in [0.3, 0.4) is 0 Å². The fourth-order valence-corrected chi connectivity index (χ4v) is 5.14. The molecule has 1 aromatic carbocycles. The number of piperidine rings is 1. The lowest BCUT2D eigenvalue weighted by Gasteiger charge is -2.41. The van der Waals surface area contributed by atoms with Gasteiger partial charge in [0.1, 0.15) is 23.4 Å². The van der Waals surface area contributed by atoms with E-state index in [-0.39, 0.29) is 42.7 Å². The first-order valence-corrected chi connectivity index (χ1v) is 13.5. The van der Waals surface area contributed by atoms with Crippen LogP contribution >= 0.6 is 0 Å². The summed E-state index contributed by atoms with van der Waals surface area (Å²) in [6, 6.07) is 3.74. The SMILES string of the molecule is COc1cc(C(F)(F)F)ccc1CCNC(=O)C1CCN1c1cc(N2CCC(CCC(=O)O)CC2)nc(C(F)(F)F)n1. The van der Waals surface area contributed by atoms with E-state index in [0.29, 0.717) is 50.9 Å². The minimum absolute atomic E-state index is 0.0310. The van der Waals surface area contributed by atoms with E-state index in [1.54, 1.807) is 4.90 Å². The van der Waals surface area contributed by atoms with Crippen LogP contribution in [0.5, 0.6) is 5.75 Å². The van der Waals surface area contributed by atoms with E-state index in [2.05, 4.69) is 15.3 Å². The van der Waals surface area contributed by atoms with E-state index in [0.717, 1.165) is 12.1 Å². The van der Waals surface area contributed by atoms with Gasteiger partial charge in [-0.2, -0.15) is 26.3 Å². The van der Waals surface area contributed by atoms with E-state index in [9.17, 15) is 35.9 Å². The Morgan fingerprint density at radius 3 is 2.26 bits per heavy atom. The molecule has 2 aliphatic rings. The number of aliphatic carboxylic acids is 1. The molecule has 230 valence electrons. The number of carbonyl (C=O) groups excluding carboxylic acids is 1. The predicted octanol–water partition coefficient (Wildman–Crippen LogP) is 4.54. The van der Waals surface area contributed by atoms with Crippen molar-refractivity contribution >= 4 is 23.5 Å². The van der Waals surface area contributed by atoms with Gasteiger partial charge in [0.15, 0.2) is 0 Å². The molecular weight excluding hydrogens is 572 g/mol. The van der Waals surface area contributed by atoms with Gasteiger partial charge in [-0.15, -0.1) is 0 Å². The number of rotatable bonds is 10. The summed E-state index contributed by atoms with van der Waals surface area (Å²) in [4.78, 5) is 34.4. The van der Waals surface area contributed by atoms with E-state index < -0.39 is 41.7 Å². The molecular formula is C27H31F6N5O4. The molecule has 1 aromatic heterocycles. The molecule has 0 saturated carbocycles. The van der Waals surface area contributed by atoms with E-state index in [1.807, 2.05) is 0 Å². The molecule has 2 aliphatic heterocycles. The average molecular weight is 604 g/mol. The van der Waals surface area contributed by atoms with Crippen LogP contribution in [0.1, 0.15) is 49.1 Å². The maximum absolute atomic E-state index is 13.7. The molecule has 1 amide bonds. The Morgan fingerprint density at radius 1 is 1.00 bits per heavy atom. The summed E-state index contributed by atoms with van der Waals surface area (Å²) < 4.78 is 85.1. The Balaban J connectivity index is 1.41. The average Bonchev–Trinajstić information content (AvgIpc) is 2.90. The number of carboxylic acid groups (broad SMARTS) is 1. The summed E-state index contributed by atoms with van der Waals surface area (Å²) in [5, 5.41) is 11.6. The molecule has 2 saturated heterocycles. The first-order valence-electron chi connectivity index (χ1n) is 13.5. The number of nitrogens with zero attached hydrogens (tertiary/aromatic N) is 4. The van der Waals surface area contributed by atoms with Crippen molar-refractivity contribution in [2.24, 2.45) is 5.92 Å². The van der Waals surface area contributed by atoms with Crippen molar-refractivity contribution in [1.29, 1.82) is 0 Å². The van der Waals surface area contributed by atoms with Crippen molar-refractivity contribution in [3.63, 3.8) is 0 Å². The van der Waals surface area contributed by atoms with Crippen LogP contribution in [0, 0.1) is 5.92 Å². The number of methoxy groups -OCH3 is 1. The number of anilines is 2. The molecule has 0 radical (unpaired) electrons. The van der Waals surface area contributed by atoms with Crippen molar-refractivity contribution < 1.29 is 45.8 Å². The zero-order chi connectivity index (χ0) is 30.7. The number of carboxylic acids is 1. The van der Waals surface area contributed by atoms with Gasteiger partial charge in [-0.05, 0) is 55.7 Å². The molecule has 0 bridgehead atoms. The van der Waals surface area contributed by atoms with E-state index in [1.165, 1.54) is 24.1 Å². The van der Waals surface area contributed by atoms with Crippen molar-refractivity contribution in [1.82, 2.24) is 15.3 Å². The van der Waals surface area contributed by atoms with Gasteiger partial charge >= 0.3 is 18.3 Å². The maximum atomic E-state index is 13.7. The van der Waals surface area contributed by atoms with Crippen LogP contribution in [0.25, 0.3) is 0 Å². The summed E-state index contributed by atoms with van der Waals surface area (Å²) in [6.45, 7) is 1.20. The van der Waals surface area contributed by atoms with E-state index >= 15 is 0 Å². The number of aromatic nitrogens is 2. The number of amides is 1. The zero-order valence-corrected chi connectivity index (χ0v) is 22.8. The second-order valence-corrected chi connectivity index (χ2v) is 10.3. The molecule has 1 atom stereocenters. The monoisotopic (exact) mass is 603 g/mol.